The molecule has 5 rings (SSSR count). The molecule has 1 aromatic heterocycles. The van der Waals surface area contributed by atoms with E-state index >= 15 is 0 Å². The number of anilines is 1. The van der Waals surface area contributed by atoms with Crippen LogP contribution in [0, 0.1) is 0 Å². The molecule has 4 aromatic rings. The standard InChI is InChI=1S/C30H33N3O2/c1-18(2)20-9-11-21(12-10-20)24-8-6-7-23(15-24)19(3)31-30-25-16-27(34-4)28(35-5)17-26(25)32-29(33-30)22-13-14-22/h6-12,15-19,22H,13-14H2,1-5H3,(H,31,32,33)/t19-/m1/s1. The fourth-order valence-electron chi connectivity index (χ4n) is 4.44. The summed E-state index contributed by atoms with van der Waals surface area (Å²) < 4.78 is 11.1. The van der Waals surface area contributed by atoms with Gasteiger partial charge in [0.05, 0.1) is 19.7 Å². The van der Waals surface area contributed by atoms with Crippen LogP contribution in [0.2, 0.25) is 0 Å². The quantitative estimate of drug-likeness (QED) is 0.291. The van der Waals surface area contributed by atoms with Crippen LogP contribution in [0.15, 0.2) is 60.7 Å². The van der Waals surface area contributed by atoms with Crippen LogP contribution in [0.1, 0.15) is 68.4 Å². The zero-order chi connectivity index (χ0) is 24.5. The lowest BCUT2D eigenvalue weighted by molar-refractivity contribution is 0.356. The maximum atomic E-state index is 5.56. The average molecular weight is 468 g/mol. The van der Waals surface area contributed by atoms with Crippen molar-refractivity contribution in [2.45, 2.75) is 51.5 Å². The van der Waals surface area contributed by atoms with Crippen LogP contribution in [-0.4, -0.2) is 24.2 Å². The van der Waals surface area contributed by atoms with Crippen molar-refractivity contribution in [2.24, 2.45) is 0 Å². The van der Waals surface area contributed by atoms with Gasteiger partial charge in [-0.05, 0) is 60.1 Å². The third-order valence-corrected chi connectivity index (χ3v) is 6.81. The van der Waals surface area contributed by atoms with E-state index in [0.29, 0.717) is 23.3 Å². The average Bonchev–Trinajstić information content (AvgIpc) is 3.73. The summed E-state index contributed by atoms with van der Waals surface area (Å²) in [5, 5.41) is 4.60. The monoisotopic (exact) mass is 467 g/mol. The molecule has 0 unspecified atom stereocenters. The van der Waals surface area contributed by atoms with Crippen molar-refractivity contribution in [1.29, 1.82) is 0 Å². The van der Waals surface area contributed by atoms with Crippen molar-refractivity contribution in [3.05, 3.63) is 77.6 Å². The van der Waals surface area contributed by atoms with E-state index in [1.54, 1.807) is 14.2 Å². The van der Waals surface area contributed by atoms with Crippen LogP contribution >= 0.6 is 0 Å². The zero-order valence-electron chi connectivity index (χ0n) is 21.1. The number of nitrogens with zero attached hydrogens (tertiary/aromatic N) is 2. The Labute approximate surface area is 207 Å². The van der Waals surface area contributed by atoms with Gasteiger partial charge in [-0.2, -0.15) is 0 Å². The van der Waals surface area contributed by atoms with Crippen LogP contribution in [0.4, 0.5) is 5.82 Å². The van der Waals surface area contributed by atoms with Crippen LogP contribution in [0.5, 0.6) is 11.5 Å². The molecule has 1 aliphatic rings. The molecule has 0 radical (unpaired) electrons. The number of hydrogen-bond donors (Lipinski definition) is 1. The van der Waals surface area contributed by atoms with E-state index in [1.165, 1.54) is 22.3 Å². The Kier molecular flexibility index (Phi) is 6.33. The summed E-state index contributed by atoms with van der Waals surface area (Å²) in [5.41, 5.74) is 5.87. The smallest absolute Gasteiger partial charge is 0.162 e. The van der Waals surface area contributed by atoms with Crippen molar-refractivity contribution < 1.29 is 9.47 Å². The molecule has 3 aromatic carbocycles. The summed E-state index contributed by atoms with van der Waals surface area (Å²) in [5.74, 6) is 4.05. The fraction of sp³-hybridized carbons (Fsp3) is 0.333. The maximum absolute atomic E-state index is 5.56. The highest BCUT2D eigenvalue weighted by Crippen LogP contribution is 2.41. The van der Waals surface area contributed by atoms with Crippen molar-refractivity contribution >= 4 is 16.7 Å². The molecule has 0 amide bonds. The summed E-state index contributed by atoms with van der Waals surface area (Å²) in [7, 11) is 3.30. The Morgan fingerprint density at radius 2 is 1.51 bits per heavy atom. The lowest BCUT2D eigenvalue weighted by Crippen LogP contribution is -2.10. The minimum absolute atomic E-state index is 0.0585. The molecule has 35 heavy (non-hydrogen) atoms. The Morgan fingerprint density at radius 1 is 0.800 bits per heavy atom. The van der Waals surface area contributed by atoms with Gasteiger partial charge in [0.2, 0.25) is 0 Å². The second-order valence-corrected chi connectivity index (χ2v) is 9.70. The highest BCUT2D eigenvalue weighted by Gasteiger charge is 2.28. The number of methoxy groups -OCH3 is 2. The summed E-state index contributed by atoms with van der Waals surface area (Å²) >= 11 is 0. The fourth-order valence-corrected chi connectivity index (χ4v) is 4.44. The first-order valence-corrected chi connectivity index (χ1v) is 12.4. The molecule has 1 heterocycles. The van der Waals surface area contributed by atoms with Gasteiger partial charge in [0.25, 0.3) is 0 Å². The summed E-state index contributed by atoms with van der Waals surface area (Å²) in [6.07, 6.45) is 2.29. The van der Waals surface area contributed by atoms with E-state index in [1.807, 2.05) is 12.1 Å². The normalized spacial score (nSPS) is 14.2. The molecule has 1 fully saturated rings. The van der Waals surface area contributed by atoms with E-state index in [2.05, 4.69) is 74.6 Å². The van der Waals surface area contributed by atoms with Crippen LogP contribution in [0.3, 0.4) is 0 Å². The number of ether oxygens (including phenoxy) is 2. The number of benzene rings is 3. The Hall–Kier alpha value is -3.60. The highest BCUT2D eigenvalue weighted by atomic mass is 16.5. The summed E-state index contributed by atoms with van der Waals surface area (Å²) in [6.45, 7) is 6.62. The molecular weight excluding hydrogens is 434 g/mol. The Bertz CT molecular complexity index is 1340. The van der Waals surface area contributed by atoms with E-state index in [-0.39, 0.29) is 6.04 Å². The van der Waals surface area contributed by atoms with Gasteiger partial charge in [0.1, 0.15) is 11.6 Å². The van der Waals surface area contributed by atoms with E-state index in [4.69, 9.17) is 19.4 Å². The molecule has 0 aliphatic heterocycles. The highest BCUT2D eigenvalue weighted by molar-refractivity contribution is 5.92. The van der Waals surface area contributed by atoms with Crippen molar-refractivity contribution in [3.8, 4) is 22.6 Å². The van der Waals surface area contributed by atoms with Crippen molar-refractivity contribution in [3.63, 3.8) is 0 Å². The first kappa shape index (κ1) is 23.2. The predicted molar refractivity (Wildman–Crippen MR) is 143 cm³/mol. The zero-order valence-corrected chi connectivity index (χ0v) is 21.1. The second kappa shape index (κ2) is 9.57. The van der Waals surface area contributed by atoms with Gasteiger partial charge < -0.3 is 14.8 Å². The SMILES string of the molecule is COc1cc2nc(C3CC3)nc(N[C@H](C)c3cccc(-c4ccc(C(C)C)cc4)c3)c2cc1OC. The van der Waals surface area contributed by atoms with Crippen molar-refractivity contribution in [2.75, 3.05) is 19.5 Å². The van der Waals surface area contributed by atoms with E-state index in [0.717, 1.165) is 35.4 Å². The molecule has 1 atom stereocenters. The van der Waals surface area contributed by atoms with Gasteiger partial charge >= 0.3 is 0 Å². The first-order valence-electron chi connectivity index (χ1n) is 12.4. The minimum Gasteiger partial charge on any atom is -0.493 e. The largest absolute Gasteiger partial charge is 0.493 e. The summed E-state index contributed by atoms with van der Waals surface area (Å²) in [6, 6.07) is 21.6. The topological polar surface area (TPSA) is 56.3 Å². The van der Waals surface area contributed by atoms with Gasteiger partial charge in [-0.15, -0.1) is 0 Å². The van der Waals surface area contributed by atoms with Gasteiger partial charge in [-0.25, -0.2) is 9.97 Å². The molecule has 1 N–H and O–H groups in total. The van der Waals surface area contributed by atoms with Gasteiger partial charge in [0.15, 0.2) is 11.5 Å². The Morgan fingerprint density at radius 3 is 2.17 bits per heavy atom. The molecule has 5 nitrogen and oxygen atoms in total. The number of hydrogen-bond acceptors (Lipinski definition) is 5. The first-order chi connectivity index (χ1) is 17.0. The number of aromatic nitrogens is 2. The van der Waals surface area contributed by atoms with Crippen molar-refractivity contribution in [1.82, 2.24) is 9.97 Å². The van der Waals surface area contributed by atoms with Gasteiger partial charge in [0, 0.05) is 23.4 Å². The van der Waals surface area contributed by atoms with E-state index in [9.17, 15) is 0 Å². The van der Waals surface area contributed by atoms with Crippen LogP contribution in [-0.2, 0) is 0 Å². The molecule has 0 spiro atoms. The minimum atomic E-state index is 0.0585. The molecule has 0 bridgehead atoms. The molecular formula is C30H33N3O2. The third-order valence-electron chi connectivity index (χ3n) is 6.81. The lowest BCUT2D eigenvalue weighted by Gasteiger charge is -2.19. The number of rotatable bonds is 8. The van der Waals surface area contributed by atoms with Crippen LogP contribution in [0.25, 0.3) is 22.0 Å². The van der Waals surface area contributed by atoms with Gasteiger partial charge in [-0.1, -0.05) is 56.3 Å². The molecule has 0 saturated heterocycles. The van der Waals surface area contributed by atoms with Crippen LogP contribution < -0.4 is 14.8 Å². The van der Waals surface area contributed by atoms with Gasteiger partial charge in [-0.3, -0.25) is 0 Å². The molecule has 1 aliphatic carbocycles. The Balaban J connectivity index is 1.48. The summed E-state index contributed by atoms with van der Waals surface area (Å²) in [4.78, 5) is 9.80. The molecule has 1 saturated carbocycles. The lowest BCUT2D eigenvalue weighted by atomic mass is 9.97. The number of fused-ring (bicyclic) bond motifs is 1. The third kappa shape index (κ3) is 4.81. The predicted octanol–water partition coefficient (Wildman–Crippen LogP) is 7.49. The number of nitrogens with one attached hydrogen (secondary N) is 1. The molecule has 5 heteroatoms. The maximum Gasteiger partial charge on any atom is 0.162 e. The second-order valence-electron chi connectivity index (χ2n) is 9.70. The van der Waals surface area contributed by atoms with E-state index < -0.39 is 0 Å². The molecule has 180 valence electrons.